The van der Waals surface area contributed by atoms with Crippen LogP contribution in [-0.4, -0.2) is 47.5 Å². The third kappa shape index (κ3) is 14.3. The number of ether oxygens (including phenoxy) is 1. The number of nitrogens with one attached hydrogen (secondary N) is 1. The second-order valence-corrected chi connectivity index (χ2v) is 7.64. The summed E-state index contributed by atoms with van der Waals surface area (Å²) in [4.78, 5) is 23.7. The lowest BCUT2D eigenvalue weighted by Gasteiger charge is -2.15. The summed E-state index contributed by atoms with van der Waals surface area (Å²) in [6.45, 7) is 2.64. The van der Waals surface area contributed by atoms with Crippen LogP contribution < -0.4 is 5.32 Å². The van der Waals surface area contributed by atoms with Gasteiger partial charge in [-0.25, -0.2) is 4.79 Å². The summed E-state index contributed by atoms with van der Waals surface area (Å²) in [5, 5.41) is 2.67. The van der Waals surface area contributed by atoms with Crippen molar-refractivity contribution >= 4 is 48.9 Å². The van der Waals surface area contributed by atoms with Crippen molar-refractivity contribution in [3.05, 3.63) is 0 Å². The van der Waals surface area contributed by atoms with Gasteiger partial charge in [0.2, 0.25) is 5.91 Å². The van der Waals surface area contributed by atoms with Crippen LogP contribution in [-0.2, 0) is 14.3 Å². The molecule has 0 fully saturated rings. The molecule has 24 heavy (non-hydrogen) atoms. The van der Waals surface area contributed by atoms with E-state index in [1.807, 2.05) is 0 Å². The summed E-state index contributed by atoms with van der Waals surface area (Å²) in [7, 11) is 0. The van der Waals surface area contributed by atoms with Crippen LogP contribution >= 0.6 is 37.0 Å². The fourth-order valence-electron chi connectivity index (χ4n) is 2.15. The molecule has 1 atom stereocenters. The number of rotatable bonds is 16. The van der Waals surface area contributed by atoms with Crippen molar-refractivity contribution < 1.29 is 14.3 Å². The van der Waals surface area contributed by atoms with Crippen molar-refractivity contribution in [2.24, 2.45) is 0 Å². The maximum atomic E-state index is 11.9. The van der Waals surface area contributed by atoms with Gasteiger partial charge in [0.05, 0.1) is 12.4 Å². The van der Waals surface area contributed by atoms with Crippen molar-refractivity contribution in [1.82, 2.24) is 5.32 Å². The summed E-state index contributed by atoms with van der Waals surface area (Å²) in [6, 6.07) is -0.661. The Labute approximate surface area is 162 Å². The average Bonchev–Trinajstić information content (AvgIpc) is 2.58. The Hall–Kier alpha value is -0.0100. The predicted octanol–water partition coefficient (Wildman–Crippen LogP) is 3.75. The normalized spacial score (nSPS) is 12.0. The summed E-state index contributed by atoms with van der Waals surface area (Å²) in [5.74, 6) is 1.57. The number of amides is 1. The van der Waals surface area contributed by atoms with Crippen LogP contribution in [0, 0.1) is 0 Å². The molecule has 7 heteroatoms. The van der Waals surface area contributed by atoms with Crippen LogP contribution in [0.5, 0.6) is 0 Å². The highest BCUT2D eigenvalue weighted by atomic mass is 32.2. The molecule has 0 heterocycles. The molecular formula is C17H33NO3S3. The molecule has 0 aliphatic rings. The first-order valence-electron chi connectivity index (χ1n) is 8.91. The van der Waals surface area contributed by atoms with Crippen molar-refractivity contribution in [3.63, 3.8) is 0 Å². The molecule has 1 unspecified atom stereocenters. The van der Waals surface area contributed by atoms with Gasteiger partial charge >= 0.3 is 5.97 Å². The monoisotopic (exact) mass is 395 g/mol. The third-order valence-corrected chi connectivity index (χ3v) is 5.36. The molecule has 0 bridgehead atoms. The maximum Gasteiger partial charge on any atom is 0.329 e. The van der Waals surface area contributed by atoms with Gasteiger partial charge in [0.25, 0.3) is 0 Å². The molecule has 0 aromatic carbocycles. The fraction of sp³-hybridized carbons (Fsp3) is 0.882. The van der Waals surface area contributed by atoms with Gasteiger partial charge in [-0.3, -0.25) is 4.79 Å². The third-order valence-electron chi connectivity index (χ3n) is 3.51. The fourth-order valence-corrected chi connectivity index (χ4v) is 3.32. The molecule has 0 saturated heterocycles. The van der Waals surface area contributed by atoms with E-state index < -0.39 is 6.04 Å². The number of esters is 1. The van der Waals surface area contributed by atoms with Gasteiger partial charge < -0.3 is 10.1 Å². The van der Waals surface area contributed by atoms with Crippen molar-refractivity contribution in [3.8, 4) is 0 Å². The van der Waals surface area contributed by atoms with E-state index in [0.717, 1.165) is 24.3 Å². The predicted molar refractivity (Wildman–Crippen MR) is 111 cm³/mol. The van der Waals surface area contributed by atoms with Gasteiger partial charge in [-0.05, 0) is 12.2 Å². The zero-order valence-corrected chi connectivity index (χ0v) is 17.4. The minimum Gasteiger partial charge on any atom is -0.464 e. The first-order valence-corrected chi connectivity index (χ1v) is 11.3. The molecule has 0 aliphatic carbocycles. The van der Waals surface area contributed by atoms with E-state index in [2.05, 4.69) is 37.5 Å². The van der Waals surface area contributed by atoms with E-state index in [9.17, 15) is 9.59 Å². The Kier molecular flexibility index (Phi) is 17.8. The molecule has 0 spiro atoms. The largest absolute Gasteiger partial charge is 0.464 e. The van der Waals surface area contributed by atoms with Crippen LogP contribution in [0.3, 0.4) is 0 Å². The summed E-state index contributed by atoms with van der Waals surface area (Å²) in [5.41, 5.74) is 0. The lowest BCUT2D eigenvalue weighted by atomic mass is 10.1. The van der Waals surface area contributed by atoms with E-state index in [0.29, 0.717) is 12.4 Å². The summed E-state index contributed by atoms with van der Waals surface area (Å²) >= 11 is 9.71. The SMILES string of the molecule is CCCCCCCCCCOC(=O)C(CS)NC(=O)CSCCS. The molecule has 0 rings (SSSR count). The lowest BCUT2D eigenvalue weighted by Crippen LogP contribution is -2.44. The Morgan fingerprint density at radius 1 is 1.04 bits per heavy atom. The number of unbranched alkanes of at least 4 members (excludes halogenated alkanes) is 7. The van der Waals surface area contributed by atoms with Crippen LogP contribution in [0.15, 0.2) is 0 Å². The minimum atomic E-state index is -0.661. The first kappa shape index (κ1) is 24.0. The van der Waals surface area contributed by atoms with E-state index >= 15 is 0 Å². The highest BCUT2D eigenvalue weighted by molar-refractivity contribution is 8.00. The van der Waals surface area contributed by atoms with Gasteiger partial charge in [0.15, 0.2) is 0 Å². The number of hydrogen-bond acceptors (Lipinski definition) is 6. The number of hydrogen-bond donors (Lipinski definition) is 3. The second-order valence-electron chi connectivity index (χ2n) is 5.72. The molecule has 142 valence electrons. The Balaban J connectivity index is 3.69. The molecule has 0 radical (unpaired) electrons. The maximum absolute atomic E-state index is 11.9. The van der Waals surface area contributed by atoms with Gasteiger partial charge in [0, 0.05) is 11.5 Å². The number of thiol groups is 2. The number of thioether (sulfide) groups is 1. The molecule has 4 nitrogen and oxygen atoms in total. The van der Waals surface area contributed by atoms with Gasteiger partial charge in [-0.2, -0.15) is 37.0 Å². The van der Waals surface area contributed by atoms with Crippen molar-refractivity contribution in [1.29, 1.82) is 0 Å². The quantitative estimate of drug-likeness (QED) is 0.212. The summed E-state index contributed by atoms with van der Waals surface area (Å²) < 4.78 is 5.25. The average molecular weight is 396 g/mol. The van der Waals surface area contributed by atoms with E-state index in [-0.39, 0.29) is 17.6 Å². The van der Waals surface area contributed by atoms with E-state index in [1.54, 1.807) is 0 Å². The summed E-state index contributed by atoms with van der Waals surface area (Å²) in [6.07, 6.45) is 9.62. The molecule has 1 amide bonds. The van der Waals surface area contributed by atoms with Crippen LogP contribution in [0.1, 0.15) is 58.3 Å². The Morgan fingerprint density at radius 2 is 1.67 bits per heavy atom. The standard InChI is InChI=1S/C17H33NO3S3/c1-2-3-4-5-6-7-8-9-10-21-17(20)15(13-23)18-16(19)14-24-12-11-22/h15,22-23H,2-14H2,1H3,(H,18,19). The van der Waals surface area contributed by atoms with Crippen LogP contribution in [0.25, 0.3) is 0 Å². The molecule has 0 aromatic heterocycles. The van der Waals surface area contributed by atoms with Crippen molar-refractivity contribution in [2.75, 3.05) is 29.6 Å². The van der Waals surface area contributed by atoms with E-state index in [4.69, 9.17) is 4.74 Å². The van der Waals surface area contributed by atoms with E-state index in [1.165, 1.54) is 50.3 Å². The van der Waals surface area contributed by atoms with Gasteiger partial charge in [0.1, 0.15) is 6.04 Å². The topological polar surface area (TPSA) is 55.4 Å². The van der Waals surface area contributed by atoms with Crippen molar-refractivity contribution in [2.45, 2.75) is 64.3 Å². The highest BCUT2D eigenvalue weighted by Crippen LogP contribution is 2.08. The minimum absolute atomic E-state index is 0.162. The number of carbonyl (C=O) groups is 2. The van der Waals surface area contributed by atoms with Gasteiger partial charge in [-0.15, -0.1) is 0 Å². The molecule has 1 N–H and O–H groups in total. The molecule has 0 saturated carbocycles. The first-order chi connectivity index (χ1) is 11.7. The molecule has 0 aliphatic heterocycles. The zero-order valence-electron chi connectivity index (χ0n) is 14.8. The Bertz CT molecular complexity index is 330. The smallest absolute Gasteiger partial charge is 0.329 e. The van der Waals surface area contributed by atoms with Crippen LogP contribution in [0.2, 0.25) is 0 Å². The van der Waals surface area contributed by atoms with Gasteiger partial charge in [-0.1, -0.05) is 51.9 Å². The molecular weight excluding hydrogens is 362 g/mol. The van der Waals surface area contributed by atoms with Crippen LogP contribution in [0.4, 0.5) is 0 Å². The molecule has 0 aromatic rings. The zero-order chi connectivity index (χ0) is 18.0. The second kappa shape index (κ2) is 17.8. The Morgan fingerprint density at radius 3 is 2.25 bits per heavy atom. The lowest BCUT2D eigenvalue weighted by molar-refractivity contribution is -0.147. The number of carbonyl (C=O) groups excluding carboxylic acids is 2. The highest BCUT2D eigenvalue weighted by Gasteiger charge is 2.20.